The highest BCUT2D eigenvalue weighted by Crippen LogP contribution is 2.13. The predicted molar refractivity (Wildman–Crippen MR) is 40.7 cm³/mol. The normalized spacial score (nSPS) is 10.5. The van der Waals surface area contributed by atoms with E-state index in [4.69, 9.17) is 0 Å². The zero-order chi connectivity index (χ0) is 8.27. The number of nitrogens with zero attached hydrogens (tertiary/aromatic N) is 1. The summed E-state index contributed by atoms with van der Waals surface area (Å²) in [7, 11) is 0. The summed E-state index contributed by atoms with van der Waals surface area (Å²) in [5, 5.41) is 3.35. The SMILES string of the molecule is FC(F)COc1cc(I)on1. The molecule has 0 amide bonds. The van der Waals surface area contributed by atoms with Gasteiger partial charge in [-0.05, 0) is 5.16 Å². The van der Waals surface area contributed by atoms with Crippen molar-refractivity contribution in [3.05, 3.63) is 9.83 Å². The van der Waals surface area contributed by atoms with Crippen molar-refractivity contribution in [3.63, 3.8) is 0 Å². The molecule has 11 heavy (non-hydrogen) atoms. The van der Waals surface area contributed by atoms with Crippen LogP contribution in [0.2, 0.25) is 0 Å². The second-order valence-corrected chi connectivity index (χ2v) is 2.73. The van der Waals surface area contributed by atoms with Crippen molar-refractivity contribution >= 4 is 22.6 Å². The van der Waals surface area contributed by atoms with Gasteiger partial charge in [-0.15, -0.1) is 0 Å². The summed E-state index contributed by atoms with van der Waals surface area (Å²) in [5.74, 6) is 0.0923. The molecule has 0 radical (unpaired) electrons. The van der Waals surface area contributed by atoms with E-state index in [-0.39, 0.29) is 5.88 Å². The fraction of sp³-hybridized carbons (Fsp3) is 0.400. The van der Waals surface area contributed by atoms with Crippen molar-refractivity contribution in [2.24, 2.45) is 0 Å². The second kappa shape index (κ2) is 3.84. The summed E-state index contributed by atoms with van der Waals surface area (Å²) in [5.41, 5.74) is 0. The highest BCUT2D eigenvalue weighted by Gasteiger charge is 2.06. The van der Waals surface area contributed by atoms with Gasteiger partial charge >= 0.3 is 0 Å². The van der Waals surface area contributed by atoms with Crippen molar-refractivity contribution in [3.8, 4) is 5.88 Å². The Bertz CT molecular complexity index is 228. The number of aromatic nitrogens is 1. The van der Waals surface area contributed by atoms with Crippen LogP contribution < -0.4 is 4.74 Å². The van der Waals surface area contributed by atoms with Crippen LogP contribution in [0.25, 0.3) is 0 Å². The summed E-state index contributed by atoms with van der Waals surface area (Å²) in [4.78, 5) is 0. The lowest BCUT2D eigenvalue weighted by Crippen LogP contribution is -2.06. The van der Waals surface area contributed by atoms with Gasteiger partial charge in [0.15, 0.2) is 10.4 Å². The smallest absolute Gasteiger partial charge is 0.272 e. The first-order chi connectivity index (χ1) is 5.18. The van der Waals surface area contributed by atoms with Crippen LogP contribution in [0.1, 0.15) is 0 Å². The van der Waals surface area contributed by atoms with E-state index in [1.165, 1.54) is 6.07 Å². The average Bonchev–Trinajstić information content (AvgIpc) is 2.31. The van der Waals surface area contributed by atoms with Gasteiger partial charge in [0.1, 0.15) is 0 Å². The molecule has 62 valence electrons. The Morgan fingerprint density at radius 2 is 2.45 bits per heavy atom. The van der Waals surface area contributed by atoms with Gasteiger partial charge in [-0.25, -0.2) is 8.78 Å². The van der Waals surface area contributed by atoms with E-state index < -0.39 is 13.0 Å². The molecule has 0 N–H and O–H groups in total. The van der Waals surface area contributed by atoms with E-state index in [9.17, 15) is 8.78 Å². The van der Waals surface area contributed by atoms with Crippen LogP contribution in [-0.2, 0) is 0 Å². The van der Waals surface area contributed by atoms with Gasteiger partial charge in [0.2, 0.25) is 0 Å². The zero-order valence-corrected chi connectivity index (χ0v) is 7.42. The number of halogens is 3. The Labute approximate surface area is 74.8 Å². The fourth-order valence-electron chi connectivity index (χ4n) is 0.455. The average molecular weight is 275 g/mol. The Morgan fingerprint density at radius 3 is 2.91 bits per heavy atom. The molecule has 0 saturated carbocycles. The Balaban J connectivity index is 2.39. The van der Waals surface area contributed by atoms with Crippen molar-refractivity contribution in [1.82, 2.24) is 5.16 Å². The summed E-state index contributed by atoms with van der Waals surface area (Å²) in [6, 6.07) is 1.43. The Kier molecular flexibility index (Phi) is 3.03. The summed E-state index contributed by atoms with van der Waals surface area (Å²) in [6.07, 6.45) is -2.48. The van der Waals surface area contributed by atoms with Crippen LogP contribution in [0.5, 0.6) is 5.88 Å². The van der Waals surface area contributed by atoms with Crippen LogP contribution >= 0.6 is 22.6 Å². The minimum atomic E-state index is -2.48. The number of rotatable bonds is 3. The third kappa shape index (κ3) is 3.00. The molecule has 1 aromatic rings. The van der Waals surface area contributed by atoms with Gasteiger partial charge in [0, 0.05) is 22.6 Å². The monoisotopic (exact) mass is 275 g/mol. The molecule has 0 aliphatic carbocycles. The molecule has 0 aromatic carbocycles. The van der Waals surface area contributed by atoms with E-state index in [0.29, 0.717) is 3.77 Å². The molecule has 1 heterocycles. The van der Waals surface area contributed by atoms with Crippen LogP contribution in [0.4, 0.5) is 8.78 Å². The second-order valence-electron chi connectivity index (χ2n) is 1.67. The van der Waals surface area contributed by atoms with Gasteiger partial charge in [-0.2, -0.15) is 0 Å². The summed E-state index contributed by atoms with van der Waals surface area (Å²) in [6.45, 7) is -0.650. The lowest BCUT2D eigenvalue weighted by atomic mass is 10.7. The maximum Gasteiger partial charge on any atom is 0.272 e. The summed E-state index contributed by atoms with van der Waals surface area (Å²) >= 11 is 1.86. The number of hydrogen-bond donors (Lipinski definition) is 0. The van der Waals surface area contributed by atoms with Crippen molar-refractivity contribution in [1.29, 1.82) is 0 Å². The van der Waals surface area contributed by atoms with Crippen molar-refractivity contribution < 1.29 is 18.0 Å². The molecule has 1 aromatic heterocycles. The van der Waals surface area contributed by atoms with Gasteiger partial charge in [0.25, 0.3) is 12.3 Å². The predicted octanol–water partition coefficient (Wildman–Crippen LogP) is 1.92. The molecule has 0 aliphatic heterocycles. The quantitative estimate of drug-likeness (QED) is 0.790. The van der Waals surface area contributed by atoms with Crippen molar-refractivity contribution in [2.45, 2.75) is 6.43 Å². The first kappa shape index (κ1) is 8.69. The number of ether oxygens (including phenoxy) is 1. The zero-order valence-electron chi connectivity index (χ0n) is 5.26. The first-order valence-corrected chi connectivity index (χ1v) is 3.79. The maximum absolute atomic E-state index is 11.5. The topological polar surface area (TPSA) is 35.3 Å². The molecule has 0 aliphatic rings. The van der Waals surface area contributed by atoms with Gasteiger partial charge < -0.3 is 9.26 Å². The highest BCUT2D eigenvalue weighted by molar-refractivity contribution is 14.1. The maximum atomic E-state index is 11.5. The lowest BCUT2D eigenvalue weighted by Gasteiger charge is -1.97. The van der Waals surface area contributed by atoms with E-state index >= 15 is 0 Å². The third-order valence-electron chi connectivity index (χ3n) is 0.817. The molecule has 3 nitrogen and oxygen atoms in total. The van der Waals surface area contributed by atoms with E-state index in [1.807, 2.05) is 22.6 Å². The molecular formula is C5H4F2INO2. The van der Waals surface area contributed by atoms with Crippen molar-refractivity contribution in [2.75, 3.05) is 6.61 Å². The highest BCUT2D eigenvalue weighted by atomic mass is 127. The molecular weight excluding hydrogens is 271 g/mol. The molecule has 0 saturated heterocycles. The van der Waals surface area contributed by atoms with Crippen LogP contribution in [0.15, 0.2) is 10.6 Å². The molecule has 1 rings (SSSR count). The fourth-order valence-corrected chi connectivity index (χ4v) is 0.820. The van der Waals surface area contributed by atoms with Gasteiger partial charge in [0.05, 0.1) is 6.07 Å². The van der Waals surface area contributed by atoms with Gasteiger partial charge in [-0.1, -0.05) is 0 Å². The lowest BCUT2D eigenvalue weighted by molar-refractivity contribution is 0.0776. The first-order valence-electron chi connectivity index (χ1n) is 2.71. The molecule has 6 heteroatoms. The molecule has 0 bridgehead atoms. The van der Waals surface area contributed by atoms with E-state index in [2.05, 4.69) is 14.4 Å². The van der Waals surface area contributed by atoms with Crippen LogP contribution in [0, 0.1) is 3.77 Å². The van der Waals surface area contributed by atoms with Gasteiger partial charge in [-0.3, -0.25) is 0 Å². The van der Waals surface area contributed by atoms with Crippen LogP contribution in [0.3, 0.4) is 0 Å². The Morgan fingerprint density at radius 1 is 1.73 bits per heavy atom. The van der Waals surface area contributed by atoms with E-state index in [1.54, 1.807) is 0 Å². The largest absolute Gasteiger partial charge is 0.469 e. The third-order valence-corrected chi connectivity index (χ3v) is 1.33. The molecule has 0 atom stereocenters. The molecule has 0 fully saturated rings. The molecule has 0 spiro atoms. The number of hydrogen-bond acceptors (Lipinski definition) is 3. The summed E-state index contributed by atoms with van der Waals surface area (Å²) < 4.78 is 32.7. The number of alkyl halides is 2. The standard InChI is InChI=1S/C5H4F2INO2/c6-3(7)2-10-5-1-4(8)11-9-5/h1,3H,2H2. The molecule has 0 unspecified atom stereocenters. The van der Waals surface area contributed by atoms with E-state index in [0.717, 1.165) is 0 Å². The van der Waals surface area contributed by atoms with Crippen LogP contribution in [-0.4, -0.2) is 18.2 Å². The minimum absolute atomic E-state index is 0.0923. The minimum Gasteiger partial charge on any atom is -0.469 e. The Hall–Kier alpha value is -0.400.